The largest absolute Gasteiger partial charge is 0.370 e. The number of anilines is 1. The predicted molar refractivity (Wildman–Crippen MR) is 85.2 cm³/mol. The molecule has 3 heteroatoms. The Bertz CT molecular complexity index is 457. The third-order valence-electron chi connectivity index (χ3n) is 5.02. The summed E-state index contributed by atoms with van der Waals surface area (Å²) >= 11 is 0. The monoisotopic (exact) mass is 273 g/mol. The first kappa shape index (κ1) is 13.9. The van der Waals surface area contributed by atoms with Gasteiger partial charge >= 0.3 is 0 Å². The number of hydrogen-bond donors (Lipinski definition) is 1. The maximum atomic E-state index is 6.01. The zero-order chi connectivity index (χ0) is 14.1. The minimum atomic E-state index is 0.224. The van der Waals surface area contributed by atoms with E-state index in [2.05, 4.69) is 48.0 Å². The Morgan fingerprint density at radius 3 is 2.75 bits per heavy atom. The lowest BCUT2D eigenvalue weighted by Gasteiger charge is -2.29. The molecule has 2 bridgehead atoms. The van der Waals surface area contributed by atoms with Crippen LogP contribution in [0.4, 0.5) is 5.69 Å². The van der Waals surface area contributed by atoms with Crippen LogP contribution in [0.1, 0.15) is 31.7 Å². The summed E-state index contributed by atoms with van der Waals surface area (Å²) in [5, 5.41) is 0. The zero-order valence-corrected chi connectivity index (χ0v) is 12.8. The summed E-state index contributed by atoms with van der Waals surface area (Å²) in [6, 6.07) is 10.6. The Balaban J connectivity index is 1.82. The number of likely N-dealkylation sites (N-methyl/N-ethyl adjacent to an activating group) is 1. The maximum absolute atomic E-state index is 6.01. The summed E-state index contributed by atoms with van der Waals surface area (Å²) in [5.41, 5.74) is 8.82. The standard InChI is InChI=1S/C17H27N3/c1-13(18)11-14-5-3-4-6-17(14)20-10-9-15-7-8-16(12-20)19(15)2/h3-6,13,15-16H,7-12,18H2,1-2H3. The van der Waals surface area contributed by atoms with E-state index in [1.54, 1.807) is 0 Å². The van der Waals surface area contributed by atoms with Gasteiger partial charge in [-0.2, -0.15) is 0 Å². The minimum Gasteiger partial charge on any atom is -0.370 e. The predicted octanol–water partition coefficient (Wildman–Crippen LogP) is 2.25. The van der Waals surface area contributed by atoms with Gasteiger partial charge in [-0.3, -0.25) is 4.90 Å². The molecule has 2 heterocycles. The molecule has 0 amide bonds. The molecule has 2 N–H and O–H groups in total. The molecule has 1 aromatic rings. The van der Waals surface area contributed by atoms with Gasteiger partial charge in [0.15, 0.2) is 0 Å². The summed E-state index contributed by atoms with van der Waals surface area (Å²) in [6.07, 6.45) is 5.00. The fraction of sp³-hybridized carbons (Fsp3) is 0.647. The van der Waals surface area contributed by atoms with Crippen molar-refractivity contribution in [1.29, 1.82) is 0 Å². The van der Waals surface area contributed by atoms with E-state index in [1.165, 1.54) is 43.6 Å². The van der Waals surface area contributed by atoms with Crippen LogP contribution < -0.4 is 10.6 Å². The van der Waals surface area contributed by atoms with E-state index >= 15 is 0 Å². The average Bonchev–Trinajstić information content (AvgIpc) is 2.64. The Labute approximate surface area is 122 Å². The highest BCUT2D eigenvalue weighted by molar-refractivity contribution is 5.54. The molecule has 3 unspecified atom stereocenters. The normalized spacial score (nSPS) is 28.4. The Kier molecular flexibility index (Phi) is 3.99. The van der Waals surface area contributed by atoms with Gasteiger partial charge in [0.1, 0.15) is 0 Å². The van der Waals surface area contributed by atoms with E-state index in [1.807, 2.05) is 0 Å². The van der Waals surface area contributed by atoms with Crippen LogP contribution in [0.15, 0.2) is 24.3 Å². The van der Waals surface area contributed by atoms with Crippen molar-refractivity contribution in [2.24, 2.45) is 5.73 Å². The summed E-state index contributed by atoms with van der Waals surface area (Å²) in [7, 11) is 2.31. The van der Waals surface area contributed by atoms with Gasteiger partial charge in [0, 0.05) is 36.9 Å². The van der Waals surface area contributed by atoms with E-state index in [0.717, 1.165) is 18.5 Å². The molecule has 0 aromatic heterocycles. The highest BCUT2D eigenvalue weighted by Gasteiger charge is 2.34. The lowest BCUT2D eigenvalue weighted by Crippen LogP contribution is -2.37. The summed E-state index contributed by atoms with van der Waals surface area (Å²) < 4.78 is 0. The topological polar surface area (TPSA) is 32.5 Å². The molecule has 3 atom stereocenters. The number of hydrogen-bond acceptors (Lipinski definition) is 3. The van der Waals surface area contributed by atoms with Crippen LogP contribution in [0, 0.1) is 0 Å². The van der Waals surface area contributed by atoms with Gasteiger partial charge in [0.25, 0.3) is 0 Å². The fourth-order valence-corrected chi connectivity index (χ4v) is 3.87. The Morgan fingerprint density at radius 1 is 1.20 bits per heavy atom. The van der Waals surface area contributed by atoms with Crippen molar-refractivity contribution in [3.8, 4) is 0 Å². The molecular weight excluding hydrogens is 246 g/mol. The molecule has 20 heavy (non-hydrogen) atoms. The number of para-hydroxylation sites is 1. The first-order valence-electron chi connectivity index (χ1n) is 7.95. The number of rotatable bonds is 3. The van der Waals surface area contributed by atoms with Crippen molar-refractivity contribution in [2.45, 2.75) is 50.7 Å². The fourth-order valence-electron chi connectivity index (χ4n) is 3.87. The molecule has 2 aliphatic rings. The average molecular weight is 273 g/mol. The molecule has 3 rings (SSSR count). The van der Waals surface area contributed by atoms with Crippen LogP contribution in [0.5, 0.6) is 0 Å². The summed E-state index contributed by atoms with van der Waals surface area (Å²) in [4.78, 5) is 5.20. The van der Waals surface area contributed by atoms with E-state index in [0.29, 0.717) is 0 Å². The van der Waals surface area contributed by atoms with Gasteiger partial charge in [-0.05, 0) is 51.3 Å². The number of nitrogens with two attached hydrogens (primary N) is 1. The van der Waals surface area contributed by atoms with E-state index in [9.17, 15) is 0 Å². The van der Waals surface area contributed by atoms with Crippen molar-refractivity contribution in [1.82, 2.24) is 4.90 Å². The van der Waals surface area contributed by atoms with Gasteiger partial charge in [-0.1, -0.05) is 18.2 Å². The molecule has 0 radical (unpaired) electrons. The summed E-state index contributed by atoms with van der Waals surface area (Å²) in [5.74, 6) is 0. The maximum Gasteiger partial charge on any atom is 0.0399 e. The van der Waals surface area contributed by atoms with Crippen molar-refractivity contribution < 1.29 is 0 Å². The van der Waals surface area contributed by atoms with Crippen molar-refractivity contribution in [3.63, 3.8) is 0 Å². The van der Waals surface area contributed by atoms with Crippen LogP contribution in [0.25, 0.3) is 0 Å². The van der Waals surface area contributed by atoms with Gasteiger partial charge in [-0.25, -0.2) is 0 Å². The number of fused-ring (bicyclic) bond motifs is 2. The van der Waals surface area contributed by atoms with Crippen LogP contribution in [0.2, 0.25) is 0 Å². The second-order valence-electron chi connectivity index (χ2n) is 6.60. The van der Waals surface area contributed by atoms with Crippen molar-refractivity contribution in [3.05, 3.63) is 29.8 Å². The van der Waals surface area contributed by atoms with Crippen LogP contribution in [-0.2, 0) is 6.42 Å². The van der Waals surface area contributed by atoms with E-state index < -0.39 is 0 Å². The van der Waals surface area contributed by atoms with E-state index in [4.69, 9.17) is 5.73 Å². The molecule has 0 aliphatic carbocycles. The quantitative estimate of drug-likeness (QED) is 0.917. The molecule has 0 saturated carbocycles. The molecule has 0 spiro atoms. The SMILES string of the molecule is CC(N)Cc1ccccc1N1CCC2CCC(C1)N2C. The Hall–Kier alpha value is -1.06. The molecular formula is C17H27N3. The zero-order valence-electron chi connectivity index (χ0n) is 12.8. The molecule has 110 valence electrons. The lowest BCUT2D eigenvalue weighted by molar-refractivity contribution is 0.254. The molecule has 1 aromatic carbocycles. The third-order valence-corrected chi connectivity index (χ3v) is 5.02. The lowest BCUT2D eigenvalue weighted by atomic mass is 10.0. The van der Waals surface area contributed by atoms with Gasteiger partial charge in [0.2, 0.25) is 0 Å². The third kappa shape index (κ3) is 2.70. The number of nitrogens with zero attached hydrogens (tertiary/aromatic N) is 2. The summed E-state index contributed by atoms with van der Waals surface area (Å²) in [6.45, 7) is 4.44. The van der Waals surface area contributed by atoms with E-state index in [-0.39, 0.29) is 6.04 Å². The highest BCUT2D eigenvalue weighted by atomic mass is 15.3. The Morgan fingerprint density at radius 2 is 1.95 bits per heavy atom. The molecule has 2 saturated heterocycles. The first-order chi connectivity index (χ1) is 9.65. The smallest absolute Gasteiger partial charge is 0.0399 e. The minimum absolute atomic E-state index is 0.224. The highest BCUT2D eigenvalue weighted by Crippen LogP contribution is 2.32. The molecule has 2 aliphatic heterocycles. The van der Waals surface area contributed by atoms with Crippen LogP contribution >= 0.6 is 0 Å². The van der Waals surface area contributed by atoms with Crippen molar-refractivity contribution in [2.75, 3.05) is 25.0 Å². The van der Waals surface area contributed by atoms with Crippen LogP contribution in [-0.4, -0.2) is 43.2 Å². The molecule has 3 nitrogen and oxygen atoms in total. The van der Waals surface area contributed by atoms with Gasteiger partial charge in [0.05, 0.1) is 0 Å². The first-order valence-corrected chi connectivity index (χ1v) is 7.95. The number of benzene rings is 1. The van der Waals surface area contributed by atoms with Crippen LogP contribution in [0.3, 0.4) is 0 Å². The molecule has 2 fully saturated rings. The van der Waals surface area contributed by atoms with Crippen molar-refractivity contribution >= 4 is 5.69 Å². The van der Waals surface area contributed by atoms with Gasteiger partial charge in [-0.15, -0.1) is 0 Å². The second-order valence-corrected chi connectivity index (χ2v) is 6.60. The second kappa shape index (κ2) is 5.74. The van der Waals surface area contributed by atoms with Gasteiger partial charge < -0.3 is 10.6 Å².